The first-order valence-electron chi connectivity index (χ1n) is 8.83. The van der Waals surface area contributed by atoms with Crippen LogP contribution in [0.4, 0.5) is 0 Å². The number of likely N-dealkylation sites (tertiary alicyclic amines) is 1. The fraction of sp³-hybridized carbons (Fsp3) is 0.333. The lowest BCUT2D eigenvalue weighted by molar-refractivity contribution is -0.128. The number of carbonyl (C=O) groups is 2. The molecule has 2 aromatic rings. The zero-order chi connectivity index (χ0) is 17.6. The van der Waals surface area contributed by atoms with Gasteiger partial charge < -0.3 is 10.2 Å². The van der Waals surface area contributed by atoms with E-state index in [1.807, 2.05) is 47.4 Å². The van der Waals surface area contributed by atoms with Crippen LogP contribution in [0.5, 0.6) is 0 Å². The Balaban J connectivity index is 1.58. The summed E-state index contributed by atoms with van der Waals surface area (Å²) in [5, 5.41) is 3.01. The van der Waals surface area contributed by atoms with Crippen molar-refractivity contribution in [3.8, 4) is 0 Å². The molecule has 2 amide bonds. The summed E-state index contributed by atoms with van der Waals surface area (Å²) in [6.07, 6.45) is 1.56. The molecule has 4 heteroatoms. The molecule has 3 rings (SSSR count). The molecule has 1 fully saturated rings. The summed E-state index contributed by atoms with van der Waals surface area (Å²) in [6, 6.07) is 17.7. The molecule has 0 spiro atoms. The van der Waals surface area contributed by atoms with Crippen molar-refractivity contribution < 1.29 is 9.59 Å². The van der Waals surface area contributed by atoms with E-state index in [0.29, 0.717) is 25.1 Å². The Hall–Kier alpha value is -2.62. The van der Waals surface area contributed by atoms with E-state index in [4.69, 9.17) is 0 Å². The molecule has 25 heavy (non-hydrogen) atoms. The molecule has 1 heterocycles. The highest BCUT2D eigenvalue weighted by Gasteiger charge is 2.20. The summed E-state index contributed by atoms with van der Waals surface area (Å²) < 4.78 is 0. The summed E-state index contributed by atoms with van der Waals surface area (Å²) in [5.74, 6) is 0.388. The second-order valence-corrected chi connectivity index (χ2v) is 6.64. The van der Waals surface area contributed by atoms with Crippen LogP contribution in [0.15, 0.2) is 54.6 Å². The van der Waals surface area contributed by atoms with Crippen LogP contribution in [0.25, 0.3) is 0 Å². The van der Waals surface area contributed by atoms with E-state index < -0.39 is 0 Å². The lowest BCUT2D eigenvalue weighted by atomic mass is 10.0. The quantitative estimate of drug-likeness (QED) is 0.879. The molecule has 0 unspecified atom stereocenters. The number of nitrogens with one attached hydrogen (secondary N) is 1. The lowest BCUT2D eigenvalue weighted by Crippen LogP contribution is -2.28. The first kappa shape index (κ1) is 17.2. The highest BCUT2D eigenvalue weighted by Crippen LogP contribution is 2.16. The first-order valence-corrected chi connectivity index (χ1v) is 8.83. The fourth-order valence-corrected chi connectivity index (χ4v) is 3.15. The van der Waals surface area contributed by atoms with Crippen LogP contribution in [0.1, 0.15) is 47.2 Å². The van der Waals surface area contributed by atoms with Gasteiger partial charge in [0.25, 0.3) is 5.91 Å². The molecule has 0 aromatic heterocycles. The summed E-state index contributed by atoms with van der Waals surface area (Å²) >= 11 is 0. The molecule has 1 N–H and O–H groups in total. The van der Waals surface area contributed by atoms with E-state index in [1.54, 1.807) is 0 Å². The van der Waals surface area contributed by atoms with E-state index in [1.165, 1.54) is 5.56 Å². The van der Waals surface area contributed by atoms with Gasteiger partial charge in [0.1, 0.15) is 0 Å². The van der Waals surface area contributed by atoms with Gasteiger partial charge >= 0.3 is 0 Å². The van der Waals surface area contributed by atoms with E-state index in [2.05, 4.69) is 24.4 Å². The third-order valence-corrected chi connectivity index (χ3v) is 4.67. The third-order valence-electron chi connectivity index (χ3n) is 4.67. The average molecular weight is 336 g/mol. The second-order valence-electron chi connectivity index (χ2n) is 6.64. The number of amides is 2. The standard InChI is InChI=1S/C21H24N2O2/c1-16(18-8-3-2-4-9-18)14-22-21(25)19-10-5-7-17(13-19)15-23-12-6-11-20(23)24/h2-5,7-10,13,16H,6,11-12,14-15H2,1H3,(H,22,25)/t16-/m0/s1. The fourth-order valence-electron chi connectivity index (χ4n) is 3.15. The first-order chi connectivity index (χ1) is 12.1. The van der Waals surface area contributed by atoms with Crippen molar-refractivity contribution in [2.45, 2.75) is 32.2 Å². The predicted molar refractivity (Wildman–Crippen MR) is 98.3 cm³/mol. The maximum Gasteiger partial charge on any atom is 0.251 e. The Morgan fingerprint density at radius 2 is 1.96 bits per heavy atom. The van der Waals surface area contributed by atoms with E-state index in [0.717, 1.165) is 18.5 Å². The molecule has 0 aliphatic carbocycles. The monoisotopic (exact) mass is 336 g/mol. The van der Waals surface area contributed by atoms with Crippen molar-refractivity contribution >= 4 is 11.8 Å². The van der Waals surface area contributed by atoms with Crippen LogP contribution in [0.3, 0.4) is 0 Å². The Morgan fingerprint density at radius 1 is 1.16 bits per heavy atom. The van der Waals surface area contributed by atoms with Gasteiger partial charge in [-0.25, -0.2) is 0 Å². The largest absolute Gasteiger partial charge is 0.351 e. The second kappa shape index (κ2) is 7.97. The molecule has 0 bridgehead atoms. The van der Waals surface area contributed by atoms with Gasteiger partial charge in [0, 0.05) is 31.6 Å². The molecule has 4 nitrogen and oxygen atoms in total. The van der Waals surface area contributed by atoms with Crippen molar-refractivity contribution in [3.63, 3.8) is 0 Å². The van der Waals surface area contributed by atoms with Crippen molar-refractivity contribution in [2.24, 2.45) is 0 Å². The maximum absolute atomic E-state index is 12.4. The van der Waals surface area contributed by atoms with Gasteiger partial charge in [-0.15, -0.1) is 0 Å². The summed E-state index contributed by atoms with van der Waals surface area (Å²) in [6.45, 7) is 4.09. The molecule has 1 aliphatic rings. The molecule has 1 saturated heterocycles. The van der Waals surface area contributed by atoms with Crippen LogP contribution in [-0.4, -0.2) is 29.8 Å². The smallest absolute Gasteiger partial charge is 0.251 e. The Bertz CT molecular complexity index is 743. The number of carbonyl (C=O) groups excluding carboxylic acids is 2. The summed E-state index contributed by atoms with van der Waals surface area (Å²) in [5.41, 5.74) is 2.85. The molecule has 1 atom stereocenters. The molecule has 0 saturated carbocycles. The minimum atomic E-state index is -0.0719. The maximum atomic E-state index is 12.4. The molecule has 1 aliphatic heterocycles. The number of benzene rings is 2. The van der Waals surface area contributed by atoms with Gasteiger partial charge in [-0.1, -0.05) is 49.4 Å². The van der Waals surface area contributed by atoms with Crippen LogP contribution in [0, 0.1) is 0 Å². The predicted octanol–water partition coefficient (Wildman–Crippen LogP) is 3.34. The molecule has 0 radical (unpaired) electrons. The van der Waals surface area contributed by atoms with Crippen LogP contribution >= 0.6 is 0 Å². The highest BCUT2D eigenvalue weighted by atomic mass is 16.2. The minimum Gasteiger partial charge on any atom is -0.351 e. The minimum absolute atomic E-state index is 0.0719. The number of nitrogens with zero attached hydrogens (tertiary/aromatic N) is 1. The van der Waals surface area contributed by atoms with Crippen LogP contribution in [-0.2, 0) is 11.3 Å². The molecule has 2 aromatic carbocycles. The number of rotatable bonds is 6. The Kier molecular flexibility index (Phi) is 5.49. The van der Waals surface area contributed by atoms with Crippen LogP contribution in [0.2, 0.25) is 0 Å². The average Bonchev–Trinajstić information content (AvgIpc) is 3.05. The number of hydrogen-bond acceptors (Lipinski definition) is 2. The zero-order valence-electron chi connectivity index (χ0n) is 14.6. The number of hydrogen-bond donors (Lipinski definition) is 1. The van der Waals surface area contributed by atoms with Gasteiger partial charge in [-0.3, -0.25) is 9.59 Å². The zero-order valence-corrected chi connectivity index (χ0v) is 14.6. The van der Waals surface area contributed by atoms with Crippen molar-refractivity contribution in [3.05, 3.63) is 71.3 Å². The van der Waals surface area contributed by atoms with E-state index in [9.17, 15) is 9.59 Å². The normalized spacial score (nSPS) is 15.2. The molecular formula is C21H24N2O2. The third kappa shape index (κ3) is 4.47. The summed E-state index contributed by atoms with van der Waals surface area (Å²) in [4.78, 5) is 26.1. The van der Waals surface area contributed by atoms with Gasteiger partial charge in [0.2, 0.25) is 5.91 Å². The van der Waals surface area contributed by atoms with E-state index >= 15 is 0 Å². The van der Waals surface area contributed by atoms with Gasteiger partial charge in [0.05, 0.1) is 0 Å². The molecule has 130 valence electrons. The Labute approximate surface area is 148 Å². The van der Waals surface area contributed by atoms with Gasteiger partial charge in [0.15, 0.2) is 0 Å². The van der Waals surface area contributed by atoms with Crippen molar-refractivity contribution in [1.82, 2.24) is 10.2 Å². The van der Waals surface area contributed by atoms with Crippen molar-refractivity contribution in [1.29, 1.82) is 0 Å². The topological polar surface area (TPSA) is 49.4 Å². The van der Waals surface area contributed by atoms with Crippen molar-refractivity contribution in [2.75, 3.05) is 13.1 Å². The summed E-state index contributed by atoms with van der Waals surface area (Å²) in [7, 11) is 0. The SMILES string of the molecule is C[C@@H](CNC(=O)c1cccc(CN2CCCC2=O)c1)c1ccccc1. The highest BCUT2D eigenvalue weighted by molar-refractivity contribution is 5.94. The molecular weight excluding hydrogens is 312 g/mol. The van der Waals surface area contributed by atoms with Crippen LogP contribution < -0.4 is 5.32 Å². The lowest BCUT2D eigenvalue weighted by Gasteiger charge is -2.16. The van der Waals surface area contributed by atoms with E-state index in [-0.39, 0.29) is 17.7 Å². The van der Waals surface area contributed by atoms with Gasteiger partial charge in [-0.2, -0.15) is 0 Å². The Morgan fingerprint density at radius 3 is 2.68 bits per heavy atom. The van der Waals surface area contributed by atoms with Gasteiger partial charge in [-0.05, 0) is 35.6 Å².